The lowest BCUT2D eigenvalue weighted by Crippen LogP contribution is -2.59. The third-order valence-corrected chi connectivity index (χ3v) is 6.51. The van der Waals surface area contributed by atoms with Crippen LogP contribution < -0.4 is 10.1 Å². The summed E-state index contributed by atoms with van der Waals surface area (Å²) < 4.78 is 8.17. The number of anilines is 1. The molecule has 1 fully saturated rings. The van der Waals surface area contributed by atoms with Gasteiger partial charge in [-0.3, -0.25) is 9.80 Å². The Kier molecular flexibility index (Phi) is 5.08. The van der Waals surface area contributed by atoms with Gasteiger partial charge in [0, 0.05) is 44.0 Å². The molecular formula is C23H30N6O. The molecule has 5 rings (SSSR count). The summed E-state index contributed by atoms with van der Waals surface area (Å²) in [5.74, 6) is 1.80. The van der Waals surface area contributed by atoms with Crippen LogP contribution in [0.3, 0.4) is 0 Å². The van der Waals surface area contributed by atoms with Gasteiger partial charge in [0.1, 0.15) is 18.2 Å². The van der Waals surface area contributed by atoms with E-state index in [1.54, 1.807) is 0 Å². The predicted octanol–water partition coefficient (Wildman–Crippen LogP) is 2.90. The number of rotatable bonds is 1. The van der Waals surface area contributed by atoms with E-state index in [2.05, 4.69) is 59.2 Å². The Hall–Kier alpha value is -2.64. The summed E-state index contributed by atoms with van der Waals surface area (Å²) in [5.41, 5.74) is 4.20. The number of aryl methyl sites for hydroxylation is 1. The summed E-state index contributed by atoms with van der Waals surface area (Å²) in [4.78, 5) is 9.98. The molecule has 4 heterocycles. The highest BCUT2D eigenvalue weighted by Crippen LogP contribution is 2.31. The number of aromatic nitrogens is 3. The Morgan fingerprint density at radius 2 is 2.10 bits per heavy atom. The van der Waals surface area contributed by atoms with Gasteiger partial charge in [0.15, 0.2) is 5.65 Å². The Morgan fingerprint density at radius 1 is 1.20 bits per heavy atom. The second kappa shape index (κ2) is 7.89. The van der Waals surface area contributed by atoms with Crippen LogP contribution >= 0.6 is 0 Å². The zero-order valence-electron chi connectivity index (χ0n) is 18.0. The molecule has 1 aromatic carbocycles. The summed E-state index contributed by atoms with van der Waals surface area (Å²) >= 11 is 0. The maximum Gasteiger partial charge on any atom is 0.165 e. The molecule has 3 aromatic rings. The van der Waals surface area contributed by atoms with Gasteiger partial charge in [-0.15, -0.1) is 0 Å². The summed E-state index contributed by atoms with van der Waals surface area (Å²) in [6, 6.07) is 9.26. The van der Waals surface area contributed by atoms with Crippen LogP contribution in [0.2, 0.25) is 0 Å². The molecule has 0 saturated carbocycles. The highest BCUT2D eigenvalue weighted by atomic mass is 16.5. The number of benzene rings is 1. The molecule has 2 aliphatic rings. The Labute approximate surface area is 177 Å². The van der Waals surface area contributed by atoms with Crippen molar-refractivity contribution < 1.29 is 4.74 Å². The Morgan fingerprint density at radius 3 is 2.97 bits per heavy atom. The van der Waals surface area contributed by atoms with Gasteiger partial charge >= 0.3 is 0 Å². The topological polar surface area (TPSA) is 57.9 Å². The molecule has 2 atom stereocenters. The molecule has 30 heavy (non-hydrogen) atoms. The number of ether oxygens (including phenoxy) is 1. The second-order valence-electron chi connectivity index (χ2n) is 8.44. The molecule has 7 nitrogen and oxygen atoms in total. The van der Waals surface area contributed by atoms with Crippen LogP contribution in [0.4, 0.5) is 5.82 Å². The number of hydrogen-bond acceptors (Lipinski definition) is 6. The molecule has 2 aliphatic heterocycles. The normalized spacial score (nSPS) is 22.9. The van der Waals surface area contributed by atoms with Crippen molar-refractivity contribution in [1.82, 2.24) is 24.4 Å². The predicted molar refractivity (Wildman–Crippen MR) is 119 cm³/mol. The molecule has 158 valence electrons. The Bertz CT molecular complexity index is 1050. The third-order valence-electron chi connectivity index (χ3n) is 6.51. The van der Waals surface area contributed by atoms with Gasteiger partial charge in [-0.05, 0) is 49.7 Å². The smallest absolute Gasteiger partial charge is 0.165 e. The van der Waals surface area contributed by atoms with E-state index in [4.69, 9.17) is 9.72 Å². The lowest BCUT2D eigenvalue weighted by Gasteiger charge is -2.45. The summed E-state index contributed by atoms with van der Waals surface area (Å²) in [6.07, 6.45) is 3.87. The van der Waals surface area contributed by atoms with Crippen molar-refractivity contribution in [3.8, 4) is 16.9 Å². The number of piperazine rings is 1. The maximum absolute atomic E-state index is 6.33. The van der Waals surface area contributed by atoms with Gasteiger partial charge in [-0.2, -0.15) is 5.10 Å². The monoisotopic (exact) mass is 406 g/mol. The first-order chi connectivity index (χ1) is 14.6. The van der Waals surface area contributed by atoms with E-state index < -0.39 is 0 Å². The van der Waals surface area contributed by atoms with E-state index in [1.165, 1.54) is 5.56 Å². The molecule has 0 radical (unpaired) electrons. The SMILES string of the molecule is CCN1C[C@H]2COc3ccc(C)c(c3)-c3cnn4ccc(nc34)NCCN2C[C@H]1C. The van der Waals surface area contributed by atoms with E-state index in [0.29, 0.717) is 18.7 Å². The molecular weight excluding hydrogens is 376 g/mol. The number of nitrogens with zero attached hydrogens (tertiary/aromatic N) is 5. The molecule has 1 saturated heterocycles. The van der Waals surface area contributed by atoms with Crippen LogP contribution in [0, 0.1) is 6.92 Å². The van der Waals surface area contributed by atoms with E-state index in [1.807, 2.05) is 23.0 Å². The lowest BCUT2D eigenvalue weighted by molar-refractivity contribution is 0.0197. The van der Waals surface area contributed by atoms with Crippen molar-refractivity contribution >= 4 is 11.5 Å². The standard InChI is InChI=1S/C23H30N6O/c1-4-27-14-18-15-30-19-6-5-16(2)20(11-19)21-12-25-29-9-7-22(26-23(21)29)24-8-10-28(18)13-17(27)3/h5-7,9,11-12,17-18H,4,8,10,13-15H2,1-3H3,(H,24,26)/t17-,18+/m1/s1. The minimum atomic E-state index is 0.373. The Balaban J connectivity index is 1.54. The molecule has 4 bridgehead atoms. The first-order valence-electron chi connectivity index (χ1n) is 10.9. The van der Waals surface area contributed by atoms with E-state index >= 15 is 0 Å². The van der Waals surface area contributed by atoms with Crippen molar-refractivity contribution in [3.63, 3.8) is 0 Å². The highest BCUT2D eigenvalue weighted by molar-refractivity contribution is 5.80. The fourth-order valence-corrected chi connectivity index (χ4v) is 4.70. The lowest BCUT2D eigenvalue weighted by atomic mass is 10.0. The molecule has 0 spiro atoms. The van der Waals surface area contributed by atoms with Crippen LogP contribution in [-0.2, 0) is 0 Å². The minimum absolute atomic E-state index is 0.373. The van der Waals surface area contributed by atoms with Crippen LogP contribution in [0.5, 0.6) is 5.75 Å². The number of hydrogen-bond donors (Lipinski definition) is 1. The highest BCUT2D eigenvalue weighted by Gasteiger charge is 2.31. The van der Waals surface area contributed by atoms with E-state index in [9.17, 15) is 0 Å². The van der Waals surface area contributed by atoms with Crippen LogP contribution in [0.25, 0.3) is 16.8 Å². The zero-order chi connectivity index (χ0) is 20.7. The largest absolute Gasteiger partial charge is 0.492 e. The van der Waals surface area contributed by atoms with Crippen LogP contribution in [0.15, 0.2) is 36.7 Å². The van der Waals surface area contributed by atoms with Crippen molar-refractivity contribution in [2.75, 3.05) is 44.6 Å². The first-order valence-corrected chi connectivity index (χ1v) is 10.9. The van der Waals surface area contributed by atoms with Gasteiger partial charge in [-0.1, -0.05) is 13.0 Å². The van der Waals surface area contributed by atoms with E-state index in [0.717, 1.165) is 61.1 Å². The molecule has 0 aliphatic carbocycles. The van der Waals surface area contributed by atoms with Gasteiger partial charge in [0.25, 0.3) is 0 Å². The molecule has 2 aromatic heterocycles. The molecule has 7 heteroatoms. The van der Waals surface area contributed by atoms with Gasteiger partial charge in [0.2, 0.25) is 0 Å². The molecule has 0 unspecified atom stereocenters. The van der Waals surface area contributed by atoms with Crippen LogP contribution in [-0.4, -0.2) is 75.8 Å². The maximum atomic E-state index is 6.33. The van der Waals surface area contributed by atoms with Crippen molar-refractivity contribution in [3.05, 3.63) is 42.2 Å². The summed E-state index contributed by atoms with van der Waals surface area (Å²) in [7, 11) is 0. The van der Waals surface area contributed by atoms with E-state index in [-0.39, 0.29) is 0 Å². The fraction of sp³-hybridized carbons (Fsp3) is 0.478. The summed E-state index contributed by atoms with van der Waals surface area (Å²) in [5, 5.41) is 8.02. The van der Waals surface area contributed by atoms with Crippen molar-refractivity contribution in [1.29, 1.82) is 0 Å². The van der Waals surface area contributed by atoms with Gasteiger partial charge in [-0.25, -0.2) is 9.50 Å². The average Bonchev–Trinajstić information content (AvgIpc) is 3.16. The van der Waals surface area contributed by atoms with Crippen molar-refractivity contribution in [2.24, 2.45) is 0 Å². The average molecular weight is 407 g/mol. The van der Waals surface area contributed by atoms with Gasteiger partial charge in [0.05, 0.1) is 12.2 Å². The first kappa shape index (κ1) is 19.3. The second-order valence-corrected chi connectivity index (χ2v) is 8.44. The minimum Gasteiger partial charge on any atom is -0.492 e. The molecule has 0 amide bonds. The fourth-order valence-electron chi connectivity index (χ4n) is 4.70. The third kappa shape index (κ3) is 3.52. The number of fused-ring (bicyclic) bond motifs is 5. The number of nitrogens with one attached hydrogen (secondary N) is 1. The zero-order valence-corrected chi connectivity index (χ0v) is 18.0. The molecule has 1 N–H and O–H groups in total. The summed E-state index contributed by atoms with van der Waals surface area (Å²) in [6.45, 7) is 12.4. The van der Waals surface area contributed by atoms with Gasteiger partial charge < -0.3 is 10.1 Å². The van der Waals surface area contributed by atoms with Crippen molar-refractivity contribution in [2.45, 2.75) is 32.9 Å². The quantitative estimate of drug-likeness (QED) is 0.671. The number of likely N-dealkylation sites (N-methyl/N-ethyl adjacent to an activating group) is 1. The van der Waals surface area contributed by atoms with Crippen LogP contribution in [0.1, 0.15) is 19.4 Å².